The Hall–Kier alpha value is -1.31. The first-order valence-corrected chi connectivity index (χ1v) is 3.99. The smallest absolute Gasteiger partial charge is 0.0386 e. The standard InChI is InChI=1S/C10H14N2/c1-8(11-2)9-4-6-10(12-3)7-5-9/h4-7,12H,1-3H3/b11-8+. The maximum atomic E-state index is 4.11. The quantitative estimate of drug-likeness (QED) is 0.662. The highest BCUT2D eigenvalue weighted by molar-refractivity contribution is 5.98. The van der Waals surface area contributed by atoms with Crippen molar-refractivity contribution in [1.82, 2.24) is 0 Å². The molecule has 0 amide bonds. The Bertz CT molecular complexity index is 272. The van der Waals surface area contributed by atoms with Crippen molar-refractivity contribution in [2.75, 3.05) is 19.4 Å². The van der Waals surface area contributed by atoms with Crippen LogP contribution in [0, 0.1) is 0 Å². The fourth-order valence-corrected chi connectivity index (χ4v) is 1.01. The van der Waals surface area contributed by atoms with Gasteiger partial charge in [-0.2, -0.15) is 0 Å². The Kier molecular flexibility index (Phi) is 2.86. The van der Waals surface area contributed by atoms with Crippen LogP contribution in [0.3, 0.4) is 0 Å². The first-order valence-electron chi connectivity index (χ1n) is 3.99. The van der Waals surface area contributed by atoms with Gasteiger partial charge in [0.1, 0.15) is 0 Å². The lowest BCUT2D eigenvalue weighted by atomic mass is 10.1. The molecule has 0 radical (unpaired) electrons. The Morgan fingerprint density at radius 1 is 1.25 bits per heavy atom. The average molecular weight is 162 g/mol. The Labute approximate surface area is 73.3 Å². The van der Waals surface area contributed by atoms with Crippen LogP contribution in [-0.4, -0.2) is 19.8 Å². The van der Waals surface area contributed by atoms with Gasteiger partial charge < -0.3 is 5.32 Å². The zero-order chi connectivity index (χ0) is 8.97. The number of hydrogen-bond donors (Lipinski definition) is 1. The molecule has 0 aliphatic heterocycles. The number of nitrogens with zero attached hydrogens (tertiary/aromatic N) is 1. The Morgan fingerprint density at radius 3 is 2.25 bits per heavy atom. The normalized spacial score (nSPS) is 11.4. The summed E-state index contributed by atoms with van der Waals surface area (Å²) < 4.78 is 0. The van der Waals surface area contributed by atoms with E-state index in [2.05, 4.69) is 22.4 Å². The van der Waals surface area contributed by atoms with Crippen LogP contribution in [0.2, 0.25) is 0 Å². The first kappa shape index (κ1) is 8.78. The van der Waals surface area contributed by atoms with Gasteiger partial charge in [0.2, 0.25) is 0 Å². The molecular formula is C10H14N2. The second kappa shape index (κ2) is 3.90. The van der Waals surface area contributed by atoms with Crippen molar-refractivity contribution in [3.05, 3.63) is 29.8 Å². The molecule has 0 saturated heterocycles. The molecule has 0 atom stereocenters. The summed E-state index contributed by atoms with van der Waals surface area (Å²) in [6.07, 6.45) is 0. The number of aliphatic imine (C=N–C) groups is 1. The molecule has 1 aromatic rings. The van der Waals surface area contributed by atoms with Gasteiger partial charge in [0, 0.05) is 25.5 Å². The maximum absolute atomic E-state index is 4.11. The monoisotopic (exact) mass is 162 g/mol. The maximum Gasteiger partial charge on any atom is 0.0386 e. The van der Waals surface area contributed by atoms with E-state index in [9.17, 15) is 0 Å². The van der Waals surface area contributed by atoms with Crippen LogP contribution >= 0.6 is 0 Å². The zero-order valence-corrected chi connectivity index (χ0v) is 7.76. The second-order valence-corrected chi connectivity index (χ2v) is 2.64. The lowest BCUT2D eigenvalue weighted by Crippen LogP contribution is -1.94. The van der Waals surface area contributed by atoms with E-state index in [-0.39, 0.29) is 0 Å². The summed E-state index contributed by atoms with van der Waals surface area (Å²) in [4.78, 5) is 4.11. The highest BCUT2D eigenvalue weighted by Crippen LogP contribution is 2.08. The molecule has 12 heavy (non-hydrogen) atoms. The molecule has 0 heterocycles. The average Bonchev–Trinajstić information content (AvgIpc) is 2.17. The van der Waals surface area contributed by atoms with Gasteiger partial charge in [-0.15, -0.1) is 0 Å². The molecule has 0 fully saturated rings. The summed E-state index contributed by atoms with van der Waals surface area (Å²) in [5, 5.41) is 3.07. The third-order valence-electron chi connectivity index (χ3n) is 1.93. The van der Waals surface area contributed by atoms with E-state index in [0.29, 0.717) is 0 Å². The van der Waals surface area contributed by atoms with Crippen LogP contribution in [0.25, 0.3) is 0 Å². The number of benzene rings is 1. The third-order valence-corrected chi connectivity index (χ3v) is 1.93. The van der Waals surface area contributed by atoms with Gasteiger partial charge in [0.25, 0.3) is 0 Å². The molecule has 0 spiro atoms. The van der Waals surface area contributed by atoms with Gasteiger partial charge in [-0.05, 0) is 24.6 Å². The topological polar surface area (TPSA) is 24.4 Å². The molecule has 1 aromatic carbocycles. The number of rotatable bonds is 2. The Balaban J connectivity index is 2.92. The van der Waals surface area contributed by atoms with Gasteiger partial charge in [-0.25, -0.2) is 0 Å². The summed E-state index contributed by atoms with van der Waals surface area (Å²) in [6, 6.07) is 8.22. The highest BCUT2D eigenvalue weighted by Gasteiger charge is 1.94. The van der Waals surface area contributed by atoms with Crippen molar-refractivity contribution in [3.63, 3.8) is 0 Å². The number of hydrogen-bond acceptors (Lipinski definition) is 2. The number of anilines is 1. The third kappa shape index (κ3) is 1.84. The Morgan fingerprint density at radius 2 is 1.83 bits per heavy atom. The van der Waals surface area contributed by atoms with Crippen molar-refractivity contribution in [3.8, 4) is 0 Å². The van der Waals surface area contributed by atoms with Crippen molar-refractivity contribution in [2.24, 2.45) is 4.99 Å². The van der Waals surface area contributed by atoms with E-state index in [0.717, 1.165) is 11.4 Å². The molecule has 1 N–H and O–H groups in total. The van der Waals surface area contributed by atoms with E-state index < -0.39 is 0 Å². The first-order chi connectivity index (χ1) is 5.77. The van der Waals surface area contributed by atoms with Crippen LogP contribution in [0.15, 0.2) is 29.3 Å². The molecule has 64 valence electrons. The van der Waals surface area contributed by atoms with Crippen molar-refractivity contribution in [2.45, 2.75) is 6.92 Å². The lowest BCUT2D eigenvalue weighted by molar-refractivity contribution is 1.41. The molecule has 0 unspecified atom stereocenters. The SMILES string of the molecule is C/N=C(\C)c1ccc(NC)cc1. The van der Waals surface area contributed by atoms with E-state index >= 15 is 0 Å². The highest BCUT2D eigenvalue weighted by atomic mass is 14.8. The predicted molar refractivity (Wildman–Crippen MR) is 54.1 cm³/mol. The molecule has 0 aromatic heterocycles. The van der Waals surface area contributed by atoms with Gasteiger partial charge in [0.15, 0.2) is 0 Å². The molecule has 0 aliphatic carbocycles. The number of nitrogens with one attached hydrogen (secondary N) is 1. The van der Waals surface area contributed by atoms with E-state index in [4.69, 9.17) is 0 Å². The lowest BCUT2D eigenvalue weighted by Gasteiger charge is -2.02. The largest absolute Gasteiger partial charge is 0.388 e. The van der Waals surface area contributed by atoms with Crippen LogP contribution in [-0.2, 0) is 0 Å². The minimum atomic E-state index is 1.07. The van der Waals surface area contributed by atoms with Crippen molar-refractivity contribution >= 4 is 11.4 Å². The van der Waals surface area contributed by atoms with Crippen LogP contribution in [0.5, 0.6) is 0 Å². The molecular weight excluding hydrogens is 148 g/mol. The zero-order valence-electron chi connectivity index (χ0n) is 7.76. The van der Waals surface area contributed by atoms with Crippen molar-refractivity contribution < 1.29 is 0 Å². The van der Waals surface area contributed by atoms with Crippen LogP contribution in [0.4, 0.5) is 5.69 Å². The molecule has 0 aliphatic rings. The fraction of sp³-hybridized carbons (Fsp3) is 0.300. The predicted octanol–water partition coefficient (Wildman–Crippen LogP) is 2.17. The fourth-order valence-electron chi connectivity index (χ4n) is 1.01. The summed E-state index contributed by atoms with van der Waals surface area (Å²) >= 11 is 0. The minimum Gasteiger partial charge on any atom is -0.388 e. The second-order valence-electron chi connectivity index (χ2n) is 2.64. The van der Waals surface area contributed by atoms with Crippen LogP contribution in [0.1, 0.15) is 12.5 Å². The van der Waals surface area contributed by atoms with Gasteiger partial charge in [-0.1, -0.05) is 12.1 Å². The van der Waals surface area contributed by atoms with E-state index in [1.807, 2.05) is 26.1 Å². The van der Waals surface area contributed by atoms with Crippen molar-refractivity contribution in [1.29, 1.82) is 0 Å². The van der Waals surface area contributed by atoms with Gasteiger partial charge >= 0.3 is 0 Å². The summed E-state index contributed by atoms with van der Waals surface area (Å²) in [5.41, 5.74) is 3.37. The summed E-state index contributed by atoms with van der Waals surface area (Å²) in [6.45, 7) is 2.01. The molecule has 0 saturated carbocycles. The molecule has 1 rings (SSSR count). The summed E-state index contributed by atoms with van der Waals surface area (Å²) in [5.74, 6) is 0. The molecule has 2 nitrogen and oxygen atoms in total. The minimum absolute atomic E-state index is 1.07. The molecule has 0 bridgehead atoms. The van der Waals surface area contributed by atoms with E-state index in [1.54, 1.807) is 7.05 Å². The van der Waals surface area contributed by atoms with Gasteiger partial charge in [-0.3, -0.25) is 4.99 Å². The van der Waals surface area contributed by atoms with Crippen LogP contribution < -0.4 is 5.32 Å². The van der Waals surface area contributed by atoms with Gasteiger partial charge in [0.05, 0.1) is 0 Å². The molecule has 2 heteroatoms. The van der Waals surface area contributed by atoms with E-state index in [1.165, 1.54) is 5.56 Å². The summed E-state index contributed by atoms with van der Waals surface area (Å²) in [7, 11) is 3.72.